The molecule has 94 valence electrons. The standard InChI is InChI=1S/C13H21N3O/c1-14-11-7-12(9-15-8-11)16-10-13(17)5-3-2-4-6-13/h7-9,14,16-17H,2-6,10H2,1H3. The highest BCUT2D eigenvalue weighted by molar-refractivity contribution is 5.53. The number of hydrogen-bond acceptors (Lipinski definition) is 4. The molecule has 0 amide bonds. The molecule has 1 aromatic heterocycles. The van der Waals surface area contributed by atoms with Gasteiger partial charge in [-0.1, -0.05) is 19.3 Å². The minimum Gasteiger partial charge on any atom is -0.388 e. The molecule has 1 fully saturated rings. The van der Waals surface area contributed by atoms with E-state index >= 15 is 0 Å². The Morgan fingerprint density at radius 2 is 1.94 bits per heavy atom. The van der Waals surface area contributed by atoms with Gasteiger partial charge in [-0.15, -0.1) is 0 Å². The highest BCUT2D eigenvalue weighted by Crippen LogP contribution is 2.28. The molecule has 0 aromatic carbocycles. The summed E-state index contributed by atoms with van der Waals surface area (Å²) in [6.45, 7) is 0.613. The van der Waals surface area contributed by atoms with Crippen molar-refractivity contribution in [3.63, 3.8) is 0 Å². The largest absolute Gasteiger partial charge is 0.388 e. The fraction of sp³-hybridized carbons (Fsp3) is 0.615. The molecule has 1 aliphatic carbocycles. The summed E-state index contributed by atoms with van der Waals surface area (Å²) in [6, 6.07) is 2.00. The summed E-state index contributed by atoms with van der Waals surface area (Å²) in [5.41, 5.74) is 1.40. The minimum atomic E-state index is -0.534. The van der Waals surface area contributed by atoms with Crippen LogP contribution >= 0.6 is 0 Å². The maximum absolute atomic E-state index is 10.4. The first-order valence-electron chi connectivity index (χ1n) is 6.31. The van der Waals surface area contributed by atoms with E-state index in [2.05, 4.69) is 15.6 Å². The first-order valence-corrected chi connectivity index (χ1v) is 6.31. The molecule has 4 nitrogen and oxygen atoms in total. The first kappa shape index (κ1) is 12.2. The number of pyridine rings is 1. The van der Waals surface area contributed by atoms with Crippen LogP contribution in [-0.2, 0) is 0 Å². The molecular weight excluding hydrogens is 214 g/mol. The van der Waals surface area contributed by atoms with Crippen LogP contribution in [0.15, 0.2) is 18.5 Å². The fourth-order valence-corrected chi connectivity index (χ4v) is 2.33. The lowest BCUT2D eigenvalue weighted by atomic mass is 9.85. The van der Waals surface area contributed by atoms with Crippen molar-refractivity contribution in [2.45, 2.75) is 37.7 Å². The van der Waals surface area contributed by atoms with Crippen LogP contribution in [0.2, 0.25) is 0 Å². The Morgan fingerprint density at radius 1 is 1.24 bits per heavy atom. The molecular formula is C13H21N3O. The van der Waals surface area contributed by atoms with Crippen LogP contribution in [0, 0.1) is 0 Å². The Morgan fingerprint density at radius 3 is 2.65 bits per heavy atom. The van der Waals surface area contributed by atoms with E-state index in [4.69, 9.17) is 0 Å². The van der Waals surface area contributed by atoms with E-state index in [0.717, 1.165) is 37.1 Å². The zero-order chi connectivity index (χ0) is 12.1. The predicted octanol–water partition coefficient (Wildman–Crippen LogP) is 2.23. The van der Waals surface area contributed by atoms with Crippen LogP contribution in [0.4, 0.5) is 11.4 Å². The molecule has 3 N–H and O–H groups in total. The van der Waals surface area contributed by atoms with Gasteiger partial charge in [0.15, 0.2) is 0 Å². The Hall–Kier alpha value is -1.29. The van der Waals surface area contributed by atoms with Gasteiger partial charge in [0.25, 0.3) is 0 Å². The zero-order valence-corrected chi connectivity index (χ0v) is 10.4. The molecule has 0 atom stereocenters. The van der Waals surface area contributed by atoms with Crippen LogP contribution in [0.25, 0.3) is 0 Å². The lowest BCUT2D eigenvalue weighted by Gasteiger charge is -2.32. The maximum Gasteiger partial charge on any atom is 0.0819 e. The van der Waals surface area contributed by atoms with E-state index in [1.165, 1.54) is 6.42 Å². The highest BCUT2D eigenvalue weighted by Gasteiger charge is 2.28. The lowest BCUT2D eigenvalue weighted by Crippen LogP contribution is -2.38. The molecule has 1 aromatic rings. The minimum absolute atomic E-state index is 0.534. The Balaban J connectivity index is 1.92. The van der Waals surface area contributed by atoms with Crippen LogP contribution in [0.5, 0.6) is 0 Å². The normalized spacial score (nSPS) is 18.7. The van der Waals surface area contributed by atoms with Crippen LogP contribution < -0.4 is 10.6 Å². The van der Waals surface area contributed by atoms with Crippen LogP contribution in [0.1, 0.15) is 32.1 Å². The van der Waals surface area contributed by atoms with Crippen LogP contribution in [0.3, 0.4) is 0 Å². The van der Waals surface area contributed by atoms with E-state index in [1.807, 2.05) is 13.1 Å². The van der Waals surface area contributed by atoms with E-state index < -0.39 is 5.60 Å². The van der Waals surface area contributed by atoms with E-state index in [1.54, 1.807) is 12.4 Å². The molecule has 0 saturated heterocycles. The third kappa shape index (κ3) is 3.33. The van der Waals surface area contributed by atoms with Gasteiger partial charge in [-0.3, -0.25) is 4.98 Å². The molecule has 17 heavy (non-hydrogen) atoms. The SMILES string of the molecule is CNc1cncc(NCC2(O)CCCCC2)c1. The smallest absolute Gasteiger partial charge is 0.0819 e. The molecule has 4 heteroatoms. The van der Waals surface area contributed by atoms with E-state index in [9.17, 15) is 5.11 Å². The fourth-order valence-electron chi connectivity index (χ4n) is 2.33. The number of rotatable bonds is 4. The Bertz CT molecular complexity index is 361. The number of aliphatic hydroxyl groups is 1. The summed E-state index contributed by atoms with van der Waals surface area (Å²) < 4.78 is 0. The number of anilines is 2. The number of aromatic nitrogens is 1. The highest BCUT2D eigenvalue weighted by atomic mass is 16.3. The Kier molecular flexibility index (Phi) is 3.84. The van der Waals surface area contributed by atoms with Crippen molar-refractivity contribution < 1.29 is 5.11 Å². The third-order valence-corrected chi connectivity index (χ3v) is 3.43. The van der Waals surface area contributed by atoms with Crippen LogP contribution in [-0.4, -0.2) is 29.3 Å². The van der Waals surface area contributed by atoms with Gasteiger partial charge < -0.3 is 15.7 Å². The van der Waals surface area contributed by atoms with Gasteiger partial charge in [-0.2, -0.15) is 0 Å². The third-order valence-electron chi connectivity index (χ3n) is 3.43. The van der Waals surface area contributed by atoms with Gasteiger partial charge in [0.05, 0.1) is 29.4 Å². The van der Waals surface area contributed by atoms with Gasteiger partial charge in [0, 0.05) is 13.6 Å². The molecule has 1 aliphatic rings. The van der Waals surface area contributed by atoms with Gasteiger partial charge in [0.1, 0.15) is 0 Å². The lowest BCUT2D eigenvalue weighted by molar-refractivity contribution is 0.0167. The van der Waals surface area contributed by atoms with E-state index in [0.29, 0.717) is 6.54 Å². The predicted molar refractivity (Wildman–Crippen MR) is 70.3 cm³/mol. The topological polar surface area (TPSA) is 57.2 Å². The van der Waals surface area contributed by atoms with Crippen molar-refractivity contribution in [2.75, 3.05) is 24.2 Å². The Labute approximate surface area is 102 Å². The average molecular weight is 235 g/mol. The second-order valence-electron chi connectivity index (χ2n) is 4.85. The second kappa shape index (κ2) is 5.36. The average Bonchev–Trinajstić information content (AvgIpc) is 2.38. The molecule has 0 aliphatic heterocycles. The van der Waals surface area contributed by atoms with Crippen molar-refractivity contribution in [3.05, 3.63) is 18.5 Å². The molecule has 1 heterocycles. The second-order valence-corrected chi connectivity index (χ2v) is 4.85. The molecule has 1 saturated carbocycles. The quantitative estimate of drug-likeness (QED) is 0.749. The van der Waals surface area contributed by atoms with Crippen molar-refractivity contribution in [1.29, 1.82) is 0 Å². The van der Waals surface area contributed by atoms with Gasteiger partial charge >= 0.3 is 0 Å². The molecule has 0 bridgehead atoms. The zero-order valence-electron chi connectivity index (χ0n) is 10.4. The van der Waals surface area contributed by atoms with Crippen molar-refractivity contribution in [3.8, 4) is 0 Å². The summed E-state index contributed by atoms with van der Waals surface area (Å²) in [5, 5.41) is 16.7. The van der Waals surface area contributed by atoms with E-state index in [-0.39, 0.29) is 0 Å². The van der Waals surface area contributed by atoms with Gasteiger partial charge in [-0.25, -0.2) is 0 Å². The summed E-state index contributed by atoms with van der Waals surface area (Å²) in [5.74, 6) is 0. The van der Waals surface area contributed by atoms with Crippen molar-refractivity contribution >= 4 is 11.4 Å². The summed E-state index contributed by atoms with van der Waals surface area (Å²) in [6.07, 6.45) is 8.88. The van der Waals surface area contributed by atoms with Crippen molar-refractivity contribution in [1.82, 2.24) is 4.98 Å². The molecule has 0 radical (unpaired) electrons. The number of nitrogens with zero attached hydrogens (tertiary/aromatic N) is 1. The molecule has 0 unspecified atom stereocenters. The van der Waals surface area contributed by atoms with Gasteiger partial charge in [0.2, 0.25) is 0 Å². The maximum atomic E-state index is 10.4. The van der Waals surface area contributed by atoms with Gasteiger partial charge in [-0.05, 0) is 18.9 Å². The first-order chi connectivity index (χ1) is 8.22. The summed E-state index contributed by atoms with van der Waals surface area (Å²) >= 11 is 0. The molecule has 2 rings (SSSR count). The number of hydrogen-bond donors (Lipinski definition) is 3. The molecule has 0 spiro atoms. The monoisotopic (exact) mass is 235 g/mol. The van der Waals surface area contributed by atoms with Crippen molar-refractivity contribution in [2.24, 2.45) is 0 Å². The number of nitrogens with one attached hydrogen (secondary N) is 2. The summed E-state index contributed by atoms with van der Waals surface area (Å²) in [7, 11) is 1.87. The summed E-state index contributed by atoms with van der Waals surface area (Å²) in [4.78, 5) is 4.14.